The molecular formula is C57H114N2O4. The van der Waals surface area contributed by atoms with Crippen molar-refractivity contribution in [1.29, 1.82) is 0 Å². The summed E-state index contributed by atoms with van der Waals surface area (Å²) in [5.41, 5.74) is 0. The molecule has 0 heterocycles. The van der Waals surface area contributed by atoms with Crippen LogP contribution in [-0.2, 0) is 19.1 Å². The van der Waals surface area contributed by atoms with Crippen LogP contribution in [0, 0.1) is 17.8 Å². The van der Waals surface area contributed by atoms with E-state index in [1.807, 2.05) is 0 Å². The van der Waals surface area contributed by atoms with Crippen LogP contribution in [0.2, 0.25) is 0 Å². The average molecular weight is 892 g/mol. The number of esters is 2. The van der Waals surface area contributed by atoms with Crippen molar-refractivity contribution in [3.8, 4) is 0 Å². The Kier molecular flexibility index (Phi) is 46.5. The van der Waals surface area contributed by atoms with Gasteiger partial charge in [0.05, 0.1) is 13.2 Å². The zero-order valence-electron chi connectivity index (χ0n) is 44.2. The van der Waals surface area contributed by atoms with Gasteiger partial charge < -0.3 is 19.3 Å². The summed E-state index contributed by atoms with van der Waals surface area (Å²) in [4.78, 5) is 30.5. The molecule has 0 rings (SSSR count). The monoisotopic (exact) mass is 891 g/mol. The molecule has 0 aromatic rings. The van der Waals surface area contributed by atoms with E-state index in [9.17, 15) is 9.59 Å². The first kappa shape index (κ1) is 61.9. The van der Waals surface area contributed by atoms with Gasteiger partial charge in [0.25, 0.3) is 0 Å². The maximum atomic E-state index is 12.6. The fourth-order valence-corrected chi connectivity index (χ4v) is 9.57. The molecule has 6 nitrogen and oxygen atoms in total. The van der Waals surface area contributed by atoms with Gasteiger partial charge in [0, 0.05) is 25.4 Å². The summed E-state index contributed by atoms with van der Waals surface area (Å²) >= 11 is 0. The molecule has 3 atom stereocenters. The third-order valence-electron chi connectivity index (χ3n) is 14.0. The Bertz CT molecular complexity index is 902. The minimum atomic E-state index is 0.0249. The summed E-state index contributed by atoms with van der Waals surface area (Å²) in [6, 6.07) is 0.678. The molecule has 3 unspecified atom stereocenters. The van der Waals surface area contributed by atoms with Gasteiger partial charge >= 0.3 is 11.9 Å². The summed E-state index contributed by atoms with van der Waals surface area (Å²) < 4.78 is 11.6. The molecule has 0 aliphatic rings. The van der Waals surface area contributed by atoms with Crippen molar-refractivity contribution in [2.45, 2.75) is 292 Å². The first-order valence-corrected chi connectivity index (χ1v) is 28.4. The van der Waals surface area contributed by atoms with E-state index in [0.29, 0.717) is 43.9 Å². The van der Waals surface area contributed by atoms with E-state index >= 15 is 0 Å². The van der Waals surface area contributed by atoms with Crippen LogP contribution < -0.4 is 0 Å². The summed E-state index contributed by atoms with van der Waals surface area (Å²) in [6.07, 6.45) is 46.3. The van der Waals surface area contributed by atoms with Crippen LogP contribution >= 0.6 is 0 Å². The molecule has 0 aliphatic carbocycles. The van der Waals surface area contributed by atoms with Gasteiger partial charge in [-0.2, -0.15) is 0 Å². The first-order chi connectivity index (χ1) is 30.7. The highest BCUT2D eigenvalue weighted by atomic mass is 16.5. The number of hydrogen-bond donors (Lipinski definition) is 0. The highest BCUT2D eigenvalue weighted by molar-refractivity contribution is 5.69. The smallest absolute Gasteiger partial charge is 0.305 e. The van der Waals surface area contributed by atoms with Gasteiger partial charge in [0.15, 0.2) is 0 Å². The molecule has 63 heavy (non-hydrogen) atoms. The fourth-order valence-electron chi connectivity index (χ4n) is 9.57. The van der Waals surface area contributed by atoms with E-state index in [2.05, 4.69) is 65.4 Å². The van der Waals surface area contributed by atoms with Crippen LogP contribution in [0.5, 0.6) is 0 Å². The third-order valence-corrected chi connectivity index (χ3v) is 14.0. The van der Waals surface area contributed by atoms with Gasteiger partial charge in [0.2, 0.25) is 0 Å². The predicted octanol–water partition coefficient (Wildman–Crippen LogP) is 17.1. The van der Waals surface area contributed by atoms with E-state index in [4.69, 9.17) is 9.47 Å². The largest absolute Gasteiger partial charge is 0.465 e. The molecule has 0 aromatic heterocycles. The molecule has 376 valence electrons. The highest BCUT2D eigenvalue weighted by Gasteiger charge is 2.22. The predicted molar refractivity (Wildman–Crippen MR) is 276 cm³/mol. The summed E-state index contributed by atoms with van der Waals surface area (Å²) in [7, 11) is 4.43. The van der Waals surface area contributed by atoms with E-state index in [-0.39, 0.29) is 11.9 Å². The Morgan fingerprint density at radius 2 is 0.730 bits per heavy atom. The number of hydrogen-bond acceptors (Lipinski definition) is 6. The zero-order valence-corrected chi connectivity index (χ0v) is 44.2. The van der Waals surface area contributed by atoms with Crippen LogP contribution in [0.25, 0.3) is 0 Å². The topological polar surface area (TPSA) is 59.1 Å². The number of carbonyl (C=O) groups excluding carboxylic acids is 2. The van der Waals surface area contributed by atoms with Crippen LogP contribution in [-0.4, -0.2) is 74.7 Å². The molecule has 0 saturated carbocycles. The number of nitrogens with zero attached hydrogens (tertiary/aromatic N) is 2. The highest BCUT2D eigenvalue weighted by Crippen LogP contribution is 2.25. The normalized spacial score (nSPS) is 13.7. The van der Waals surface area contributed by atoms with E-state index in [0.717, 1.165) is 38.1 Å². The van der Waals surface area contributed by atoms with E-state index in [1.54, 1.807) is 0 Å². The quantitative estimate of drug-likeness (QED) is 0.0448. The Morgan fingerprint density at radius 1 is 0.381 bits per heavy atom. The van der Waals surface area contributed by atoms with Gasteiger partial charge in [-0.3, -0.25) is 9.59 Å². The summed E-state index contributed by atoms with van der Waals surface area (Å²) in [5, 5.41) is 0. The molecule has 0 aliphatic heterocycles. The molecule has 0 bridgehead atoms. The lowest BCUT2D eigenvalue weighted by Gasteiger charge is -2.35. The number of ether oxygens (including phenoxy) is 2. The number of unbranched alkanes of at least 4 members (excludes halogenated alkanes) is 20. The standard InChI is InChI=1S/C57H114N2O4/c1-9-15-20-31-41-53(38-18-12-4)50-62-56(60)45-35-28-24-22-26-33-43-55(59(48-37-47-58(7)8)49-52(14-6)40-30-17-11-3)44-34-27-23-25-29-36-46-57(61)63-51-54(39-19-13-5)42-32-21-16-10-2/h52-55H,9-51H2,1-8H3. The molecule has 6 heteroatoms. The second-order valence-corrected chi connectivity index (χ2v) is 20.5. The second-order valence-electron chi connectivity index (χ2n) is 20.5. The third kappa shape index (κ3) is 40.8. The molecule has 0 saturated heterocycles. The zero-order chi connectivity index (χ0) is 46.4. The average Bonchev–Trinajstić information content (AvgIpc) is 3.27. The van der Waals surface area contributed by atoms with Crippen LogP contribution in [0.1, 0.15) is 286 Å². The van der Waals surface area contributed by atoms with E-state index in [1.165, 1.54) is 219 Å². The lowest BCUT2D eigenvalue weighted by Crippen LogP contribution is -2.40. The van der Waals surface area contributed by atoms with Gasteiger partial charge in [-0.05, 0) is 109 Å². The van der Waals surface area contributed by atoms with Crippen LogP contribution in [0.3, 0.4) is 0 Å². The van der Waals surface area contributed by atoms with Gasteiger partial charge in [-0.1, -0.05) is 208 Å². The van der Waals surface area contributed by atoms with Crippen molar-refractivity contribution < 1.29 is 19.1 Å². The van der Waals surface area contributed by atoms with Gasteiger partial charge in [-0.25, -0.2) is 0 Å². The van der Waals surface area contributed by atoms with Crippen molar-refractivity contribution >= 4 is 11.9 Å². The van der Waals surface area contributed by atoms with E-state index < -0.39 is 0 Å². The van der Waals surface area contributed by atoms with Crippen LogP contribution in [0.4, 0.5) is 0 Å². The van der Waals surface area contributed by atoms with Gasteiger partial charge in [-0.15, -0.1) is 0 Å². The summed E-state index contributed by atoms with van der Waals surface area (Å²) in [6.45, 7) is 18.7. The minimum Gasteiger partial charge on any atom is -0.465 e. The molecule has 0 spiro atoms. The van der Waals surface area contributed by atoms with Crippen molar-refractivity contribution in [3.05, 3.63) is 0 Å². The molecule has 0 aromatic carbocycles. The lowest BCUT2D eigenvalue weighted by atomic mass is 9.94. The molecule has 0 fully saturated rings. The molecule has 0 amide bonds. The summed E-state index contributed by atoms with van der Waals surface area (Å²) in [5.74, 6) is 1.94. The van der Waals surface area contributed by atoms with Crippen molar-refractivity contribution in [1.82, 2.24) is 9.80 Å². The van der Waals surface area contributed by atoms with Gasteiger partial charge in [0.1, 0.15) is 0 Å². The first-order valence-electron chi connectivity index (χ1n) is 28.4. The molecular weight excluding hydrogens is 777 g/mol. The lowest BCUT2D eigenvalue weighted by molar-refractivity contribution is -0.146. The van der Waals surface area contributed by atoms with Crippen molar-refractivity contribution in [2.75, 3.05) is 46.9 Å². The maximum absolute atomic E-state index is 12.6. The molecule has 0 radical (unpaired) electrons. The van der Waals surface area contributed by atoms with Crippen molar-refractivity contribution in [2.24, 2.45) is 17.8 Å². The fraction of sp³-hybridized carbons (Fsp3) is 0.965. The maximum Gasteiger partial charge on any atom is 0.305 e. The minimum absolute atomic E-state index is 0.0249. The Balaban J connectivity index is 4.94. The Hall–Kier alpha value is -1.14. The molecule has 0 N–H and O–H groups in total. The Morgan fingerprint density at radius 3 is 1.16 bits per heavy atom. The van der Waals surface area contributed by atoms with Crippen molar-refractivity contribution in [3.63, 3.8) is 0 Å². The second kappa shape index (κ2) is 47.4. The number of rotatable bonds is 50. The number of carbonyl (C=O) groups is 2. The SMILES string of the molecule is CCCCCCC(CCCC)COC(=O)CCCCCCCCC(CCCCCCCCC(=O)OCC(CCCC)CCCCCC)N(CCCN(C)C)CC(CC)CCCCC. The Labute approximate surface area is 395 Å². The van der Waals surface area contributed by atoms with Crippen LogP contribution in [0.15, 0.2) is 0 Å².